The zero-order valence-electron chi connectivity index (χ0n) is 10.8. The van der Waals surface area contributed by atoms with E-state index in [2.05, 4.69) is 39.3 Å². The van der Waals surface area contributed by atoms with Gasteiger partial charge in [-0.1, -0.05) is 6.07 Å². The van der Waals surface area contributed by atoms with Crippen LogP contribution in [0.25, 0.3) is 0 Å². The first kappa shape index (κ1) is 14.2. The summed E-state index contributed by atoms with van der Waals surface area (Å²) in [7, 11) is 1.84. The topological polar surface area (TPSA) is 33.2 Å². The maximum Gasteiger partial charge on any atom is 0.253 e. The average Bonchev–Trinajstić information content (AvgIpc) is 2.89. The van der Waals surface area contributed by atoms with Crippen molar-refractivity contribution in [1.82, 2.24) is 9.88 Å². The summed E-state index contributed by atoms with van der Waals surface area (Å²) in [5, 5.41) is 2.06. The van der Waals surface area contributed by atoms with Crippen molar-refractivity contribution < 1.29 is 4.79 Å². The number of aromatic nitrogens is 1. The van der Waals surface area contributed by atoms with Crippen LogP contribution in [0.4, 0.5) is 0 Å². The summed E-state index contributed by atoms with van der Waals surface area (Å²) in [5.41, 5.74) is 0.655. The van der Waals surface area contributed by atoms with Crippen LogP contribution in [0.3, 0.4) is 0 Å². The van der Waals surface area contributed by atoms with Crippen molar-refractivity contribution in [2.75, 3.05) is 7.05 Å². The van der Waals surface area contributed by atoms with E-state index in [1.165, 1.54) is 4.88 Å². The Morgan fingerprint density at radius 2 is 2.32 bits per heavy atom. The van der Waals surface area contributed by atoms with Crippen molar-refractivity contribution in [3.05, 3.63) is 50.9 Å². The van der Waals surface area contributed by atoms with Gasteiger partial charge in [-0.25, -0.2) is 4.98 Å². The van der Waals surface area contributed by atoms with Gasteiger partial charge in [-0.15, -0.1) is 11.3 Å². The highest BCUT2D eigenvalue weighted by molar-refractivity contribution is 9.10. The van der Waals surface area contributed by atoms with Crippen LogP contribution in [0, 0.1) is 0 Å². The molecule has 1 amide bonds. The maximum absolute atomic E-state index is 12.3. The van der Waals surface area contributed by atoms with E-state index >= 15 is 0 Å². The first-order valence-corrected chi connectivity index (χ1v) is 7.66. The molecule has 0 aromatic carbocycles. The number of likely N-dealkylation sites (N-methyl/N-ethyl adjacent to an activating group) is 1. The lowest BCUT2D eigenvalue weighted by Crippen LogP contribution is -2.36. The van der Waals surface area contributed by atoms with Gasteiger partial charge < -0.3 is 4.90 Å². The zero-order valence-corrected chi connectivity index (χ0v) is 13.2. The van der Waals surface area contributed by atoms with E-state index < -0.39 is 0 Å². The number of nitrogens with zero attached hydrogens (tertiary/aromatic N) is 2. The first-order valence-electron chi connectivity index (χ1n) is 5.99. The van der Waals surface area contributed by atoms with E-state index in [1.807, 2.05) is 13.1 Å². The van der Waals surface area contributed by atoms with Gasteiger partial charge >= 0.3 is 0 Å². The molecule has 0 saturated heterocycles. The summed E-state index contributed by atoms with van der Waals surface area (Å²) in [5.74, 6) is 0.0205. The molecule has 2 rings (SSSR count). The number of pyridine rings is 1. The third-order valence-corrected chi connectivity index (χ3v) is 4.36. The van der Waals surface area contributed by atoms with Crippen molar-refractivity contribution in [3.63, 3.8) is 0 Å². The lowest BCUT2D eigenvalue weighted by Gasteiger charge is -2.24. The summed E-state index contributed by atoms with van der Waals surface area (Å²) < 4.78 is 0.678. The minimum absolute atomic E-state index is 0.0205. The zero-order chi connectivity index (χ0) is 13.8. The fourth-order valence-corrected chi connectivity index (χ4v) is 2.99. The second-order valence-electron chi connectivity index (χ2n) is 4.42. The molecule has 2 heterocycles. The Kier molecular flexibility index (Phi) is 4.71. The highest BCUT2D eigenvalue weighted by Crippen LogP contribution is 2.16. The van der Waals surface area contributed by atoms with Gasteiger partial charge in [-0.2, -0.15) is 0 Å². The number of halogens is 1. The fraction of sp³-hybridized carbons (Fsp3) is 0.286. The summed E-state index contributed by atoms with van der Waals surface area (Å²) >= 11 is 5.01. The number of carbonyl (C=O) groups excluding carboxylic acids is 1. The fourth-order valence-electron chi connectivity index (χ4n) is 1.80. The number of thiophene rings is 1. The van der Waals surface area contributed by atoms with Crippen molar-refractivity contribution >= 4 is 33.2 Å². The lowest BCUT2D eigenvalue weighted by molar-refractivity contribution is 0.0743. The molecule has 1 unspecified atom stereocenters. The van der Waals surface area contributed by atoms with Crippen molar-refractivity contribution in [1.29, 1.82) is 0 Å². The van der Waals surface area contributed by atoms with Gasteiger partial charge in [-0.3, -0.25) is 4.79 Å². The minimum Gasteiger partial charge on any atom is -0.339 e. The molecule has 100 valence electrons. The Labute approximate surface area is 125 Å². The molecule has 0 fully saturated rings. The van der Waals surface area contributed by atoms with Gasteiger partial charge in [0.1, 0.15) is 4.60 Å². The molecule has 0 aliphatic carbocycles. The molecule has 0 N–H and O–H groups in total. The average molecular weight is 339 g/mol. The van der Waals surface area contributed by atoms with E-state index in [4.69, 9.17) is 0 Å². The molecule has 2 aromatic rings. The van der Waals surface area contributed by atoms with E-state index in [0.29, 0.717) is 10.2 Å². The molecule has 2 aromatic heterocycles. The largest absolute Gasteiger partial charge is 0.339 e. The summed E-state index contributed by atoms with van der Waals surface area (Å²) in [4.78, 5) is 19.5. The van der Waals surface area contributed by atoms with E-state index in [9.17, 15) is 4.79 Å². The molecule has 0 aliphatic heterocycles. The van der Waals surface area contributed by atoms with Gasteiger partial charge in [0.2, 0.25) is 0 Å². The van der Waals surface area contributed by atoms with Gasteiger partial charge in [0.25, 0.3) is 5.91 Å². The molecule has 19 heavy (non-hydrogen) atoms. The highest BCUT2D eigenvalue weighted by atomic mass is 79.9. The second kappa shape index (κ2) is 6.30. The van der Waals surface area contributed by atoms with Crippen LogP contribution < -0.4 is 0 Å². The van der Waals surface area contributed by atoms with Crippen LogP contribution in [0.2, 0.25) is 0 Å². The number of hydrogen-bond donors (Lipinski definition) is 0. The standard InChI is InChI=1S/C14H15BrN2OS/c1-10(8-12-4-3-7-19-12)17(2)14(18)11-5-6-16-13(15)9-11/h3-7,9-10H,8H2,1-2H3. The normalized spacial score (nSPS) is 12.2. The highest BCUT2D eigenvalue weighted by Gasteiger charge is 2.18. The smallest absolute Gasteiger partial charge is 0.253 e. The minimum atomic E-state index is 0.0205. The Morgan fingerprint density at radius 1 is 1.53 bits per heavy atom. The monoisotopic (exact) mass is 338 g/mol. The number of hydrogen-bond acceptors (Lipinski definition) is 3. The molecule has 1 atom stereocenters. The van der Waals surface area contributed by atoms with E-state index in [0.717, 1.165) is 6.42 Å². The van der Waals surface area contributed by atoms with Crippen LogP contribution in [0.15, 0.2) is 40.4 Å². The van der Waals surface area contributed by atoms with Gasteiger partial charge in [0.15, 0.2) is 0 Å². The van der Waals surface area contributed by atoms with Crippen LogP contribution >= 0.6 is 27.3 Å². The van der Waals surface area contributed by atoms with Crippen molar-refractivity contribution in [3.8, 4) is 0 Å². The Balaban J connectivity index is 2.06. The van der Waals surface area contributed by atoms with E-state index in [1.54, 1.807) is 34.6 Å². The van der Waals surface area contributed by atoms with Gasteiger partial charge in [-0.05, 0) is 46.4 Å². The van der Waals surface area contributed by atoms with Crippen molar-refractivity contribution in [2.24, 2.45) is 0 Å². The third-order valence-electron chi connectivity index (χ3n) is 3.03. The molecular formula is C14H15BrN2OS. The van der Waals surface area contributed by atoms with Crippen LogP contribution in [0.1, 0.15) is 22.2 Å². The Morgan fingerprint density at radius 3 is 2.95 bits per heavy atom. The Bertz CT molecular complexity index is 556. The number of carbonyl (C=O) groups is 1. The Hall–Kier alpha value is -1.20. The molecule has 0 aliphatic rings. The van der Waals surface area contributed by atoms with Crippen LogP contribution in [-0.2, 0) is 6.42 Å². The summed E-state index contributed by atoms with van der Waals surface area (Å²) in [6.07, 6.45) is 2.52. The molecule has 5 heteroatoms. The summed E-state index contributed by atoms with van der Waals surface area (Å²) in [6, 6.07) is 7.79. The predicted octanol–water partition coefficient (Wildman–Crippen LogP) is 3.61. The number of amides is 1. The molecule has 0 spiro atoms. The quantitative estimate of drug-likeness (QED) is 0.798. The first-order chi connectivity index (χ1) is 9.08. The van der Waals surface area contributed by atoms with E-state index in [-0.39, 0.29) is 11.9 Å². The van der Waals surface area contributed by atoms with Gasteiger partial charge in [0, 0.05) is 36.1 Å². The summed E-state index contributed by atoms with van der Waals surface area (Å²) in [6.45, 7) is 2.06. The maximum atomic E-state index is 12.3. The second-order valence-corrected chi connectivity index (χ2v) is 6.26. The molecule has 0 saturated carbocycles. The van der Waals surface area contributed by atoms with Crippen LogP contribution in [0.5, 0.6) is 0 Å². The molecular weight excluding hydrogens is 324 g/mol. The molecule has 0 radical (unpaired) electrons. The molecule has 0 bridgehead atoms. The lowest BCUT2D eigenvalue weighted by atomic mass is 10.1. The molecule has 3 nitrogen and oxygen atoms in total. The van der Waals surface area contributed by atoms with Gasteiger partial charge in [0.05, 0.1) is 0 Å². The van der Waals surface area contributed by atoms with Crippen molar-refractivity contribution in [2.45, 2.75) is 19.4 Å². The predicted molar refractivity (Wildman–Crippen MR) is 81.5 cm³/mol. The third kappa shape index (κ3) is 3.64. The van der Waals surface area contributed by atoms with Crippen LogP contribution in [-0.4, -0.2) is 28.9 Å². The SMILES string of the molecule is CC(Cc1cccs1)N(C)C(=O)c1ccnc(Br)c1. The number of rotatable bonds is 4.